The SMILES string of the molecule is C[C@@H]1[C@@H](O)CN1C(=O)O. The van der Waals surface area contributed by atoms with Gasteiger partial charge in [-0.1, -0.05) is 0 Å². The van der Waals surface area contributed by atoms with Gasteiger partial charge in [0.25, 0.3) is 0 Å². The highest BCUT2D eigenvalue weighted by Gasteiger charge is 2.36. The number of aliphatic hydroxyl groups excluding tert-OH is 1. The molecule has 2 atom stereocenters. The van der Waals surface area contributed by atoms with Gasteiger partial charge in [0.1, 0.15) is 0 Å². The monoisotopic (exact) mass is 131 g/mol. The van der Waals surface area contributed by atoms with Crippen molar-refractivity contribution in [2.45, 2.75) is 19.1 Å². The van der Waals surface area contributed by atoms with Crippen molar-refractivity contribution in [2.24, 2.45) is 0 Å². The molecule has 1 aliphatic rings. The molecule has 0 bridgehead atoms. The standard InChI is InChI=1S/C5H9NO3/c1-3-4(7)2-6(3)5(8)9/h3-4,7H,2H2,1H3,(H,8,9)/t3-,4+/m1/s1. The number of likely N-dealkylation sites (tertiary alicyclic amines) is 1. The van der Waals surface area contributed by atoms with Gasteiger partial charge in [0.15, 0.2) is 0 Å². The second kappa shape index (κ2) is 1.88. The number of rotatable bonds is 0. The molecule has 4 nitrogen and oxygen atoms in total. The molecule has 4 heteroatoms. The van der Waals surface area contributed by atoms with Gasteiger partial charge < -0.3 is 15.1 Å². The van der Waals surface area contributed by atoms with E-state index in [2.05, 4.69) is 0 Å². The summed E-state index contributed by atoms with van der Waals surface area (Å²) < 4.78 is 0. The molecule has 0 radical (unpaired) electrons. The third kappa shape index (κ3) is 0.853. The molecule has 1 amide bonds. The molecular weight excluding hydrogens is 122 g/mol. The van der Waals surface area contributed by atoms with Crippen LogP contribution in [0, 0.1) is 0 Å². The minimum Gasteiger partial charge on any atom is -0.465 e. The van der Waals surface area contributed by atoms with Crippen LogP contribution in [0.4, 0.5) is 4.79 Å². The van der Waals surface area contributed by atoms with Crippen LogP contribution >= 0.6 is 0 Å². The average Bonchev–Trinajstić information content (AvgIpc) is 1.81. The number of carbonyl (C=O) groups is 1. The minimum absolute atomic E-state index is 0.220. The van der Waals surface area contributed by atoms with E-state index in [1.54, 1.807) is 6.92 Å². The molecular formula is C5H9NO3. The fourth-order valence-corrected chi connectivity index (χ4v) is 0.842. The fraction of sp³-hybridized carbons (Fsp3) is 0.800. The maximum atomic E-state index is 10.2. The van der Waals surface area contributed by atoms with Gasteiger partial charge >= 0.3 is 6.09 Å². The van der Waals surface area contributed by atoms with Gasteiger partial charge in [-0.2, -0.15) is 0 Å². The maximum absolute atomic E-state index is 10.2. The molecule has 0 aromatic rings. The summed E-state index contributed by atoms with van der Waals surface area (Å²) in [5.41, 5.74) is 0. The Hall–Kier alpha value is -0.770. The number of hydrogen-bond donors (Lipinski definition) is 2. The van der Waals surface area contributed by atoms with Crippen LogP contribution in [0.3, 0.4) is 0 Å². The summed E-state index contributed by atoms with van der Waals surface area (Å²) in [7, 11) is 0. The van der Waals surface area contributed by atoms with Crippen molar-refractivity contribution in [3.05, 3.63) is 0 Å². The first-order chi connectivity index (χ1) is 4.13. The first kappa shape index (κ1) is 6.35. The molecule has 2 N–H and O–H groups in total. The summed E-state index contributed by atoms with van der Waals surface area (Å²) >= 11 is 0. The van der Waals surface area contributed by atoms with Crippen LogP contribution in [0.25, 0.3) is 0 Å². The average molecular weight is 131 g/mol. The molecule has 1 fully saturated rings. The van der Waals surface area contributed by atoms with Crippen molar-refractivity contribution in [3.8, 4) is 0 Å². The van der Waals surface area contributed by atoms with Crippen molar-refractivity contribution < 1.29 is 15.0 Å². The van der Waals surface area contributed by atoms with Gasteiger partial charge in [-0.3, -0.25) is 0 Å². The van der Waals surface area contributed by atoms with Crippen molar-refractivity contribution in [1.29, 1.82) is 0 Å². The van der Waals surface area contributed by atoms with Gasteiger partial charge in [-0.15, -0.1) is 0 Å². The topological polar surface area (TPSA) is 60.8 Å². The number of β-amino-alcohol motifs (C(OH)–C–C–N with tert-alkyl or cyclic N) is 1. The van der Waals surface area contributed by atoms with Crippen LogP contribution in [-0.2, 0) is 0 Å². The Balaban J connectivity index is 2.42. The highest BCUT2D eigenvalue weighted by atomic mass is 16.4. The first-order valence-electron chi connectivity index (χ1n) is 2.80. The summed E-state index contributed by atoms with van der Waals surface area (Å²) in [5, 5.41) is 17.2. The highest BCUT2D eigenvalue weighted by molar-refractivity contribution is 5.66. The van der Waals surface area contributed by atoms with E-state index in [1.165, 1.54) is 4.90 Å². The van der Waals surface area contributed by atoms with Gasteiger partial charge in [0.05, 0.1) is 18.7 Å². The van der Waals surface area contributed by atoms with Gasteiger partial charge in [0, 0.05) is 0 Å². The lowest BCUT2D eigenvalue weighted by atomic mass is 10.0. The third-order valence-electron chi connectivity index (χ3n) is 1.68. The fourth-order valence-electron chi connectivity index (χ4n) is 0.842. The van der Waals surface area contributed by atoms with E-state index in [9.17, 15) is 4.79 Å². The number of nitrogens with zero attached hydrogens (tertiary/aromatic N) is 1. The van der Waals surface area contributed by atoms with E-state index in [1.807, 2.05) is 0 Å². The van der Waals surface area contributed by atoms with E-state index in [-0.39, 0.29) is 12.6 Å². The van der Waals surface area contributed by atoms with Crippen LogP contribution in [0.1, 0.15) is 6.92 Å². The Bertz CT molecular complexity index is 136. The number of aliphatic hydroxyl groups is 1. The molecule has 0 aromatic carbocycles. The quantitative estimate of drug-likeness (QED) is 0.475. The van der Waals surface area contributed by atoms with Crippen molar-refractivity contribution in [1.82, 2.24) is 4.90 Å². The normalized spacial score (nSPS) is 33.8. The summed E-state index contributed by atoms with van der Waals surface area (Å²) in [6.07, 6.45) is -1.41. The summed E-state index contributed by atoms with van der Waals surface area (Å²) in [4.78, 5) is 11.4. The summed E-state index contributed by atoms with van der Waals surface area (Å²) in [5.74, 6) is 0. The van der Waals surface area contributed by atoms with Crippen molar-refractivity contribution in [2.75, 3.05) is 6.54 Å². The predicted octanol–water partition coefficient (Wildman–Crippen LogP) is -0.271. The number of amides is 1. The van der Waals surface area contributed by atoms with E-state index >= 15 is 0 Å². The largest absolute Gasteiger partial charge is 0.465 e. The van der Waals surface area contributed by atoms with Crippen LogP contribution in [-0.4, -0.2) is 39.9 Å². The Kier molecular flexibility index (Phi) is 1.32. The van der Waals surface area contributed by atoms with Crippen LogP contribution in [0.5, 0.6) is 0 Å². The lowest BCUT2D eigenvalue weighted by Crippen LogP contribution is -2.60. The third-order valence-corrected chi connectivity index (χ3v) is 1.68. The van der Waals surface area contributed by atoms with E-state index in [0.717, 1.165) is 0 Å². The van der Waals surface area contributed by atoms with Crippen molar-refractivity contribution >= 4 is 6.09 Å². The Morgan fingerprint density at radius 1 is 1.78 bits per heavy atom. The maximum Gasteiger partial charge on any atom is 0.407 e. The smallest absolute Gasteiger partial charge is 0.407 e. The Morgan fingerprint density at radius 3 is 2.44 bits per heavy atom. The minimum atomic E-state index is -0.951. The molecule has 0 aromatic heterocycles. The molecule has 9 heavy (non-hydrogen) atoms. The number of carboxylic acid groups (broad SMARTS) is 1. The zero-order chi connectivity index (χ0) is 7.02. The number of hydrogen-bond acceptors (Lipinski definition) is 2. The molecule has 1 rings (SSSR count). The van der Waals surface area contributed by atoms with Gasteiger partial charge in [-0.05, 0) is 6.92 Å². The molecule has 1 saturated heterocycles. The van der Waals surface area contributed by atoms with Crippen LogP contribution < -0.4 is 0 Å². The molecule has 0 saturated carbocycles. The second-order valence-electron chi connectivity index (χ2n) is 2.24. The molecule has 1 aliphatic heterocycles. The molecule has 0 spiro atoms. The highest BCUT2D eigenvalue weighted by Crippen LogP contribution is 2.16. The van der Waals surface area contributed by atoms with E-state index in [0.29, 0.717) is 0 Å². The molecule has 0 unspecified atom stereocenters. The Labute approximate surface area is 52.7 Å². The molecule has 52 valence electrons. The van der Waals surface area contributed by atoms with Crippen LogP contribution in [0.2, 0.25) is 0 Å². The summed E-state index contributed by atoms with van der Waals surface area (Å²) in [6.45, 7) is 1.94. The lowest BCUT2D eigenvalue weighted by molar-refractivity contribution is -0.0376. The molecule has 0 aliphatic carbocycles. The molecule has 1 heterocycles. The van der Waals surface area contributed by atoms with Crippen LogP contribution in [0.15, 0.2) is 0 Å². The van der Waals surface area contributed by atoms with Crippen molar-refractivity contribution in [3.63, 3.8) is 0 Å². The second-order valence-corrected chi connectivity index (χ2v) is 2.24. The van der Waals surface area contributed by atoms with Gasteiger partial charge in [-0.25, -0.2) is 4.79 Å². The van der Waals surface area contributed by atoms with E-state index in [4.69, 9.17) is 10.2 Å². The van der Waals surface area contributed by atoms with E-state index < -0.39 is 12.2 Å². The first-order valence-corrected chi connectivity index (χ1v) is 2.80. The zero-order valence-corrected chi connectivity index (χ0v) is 5.11. The Morgan fingerprint density at radius 2 is 2.33 bits per heavy atom. The summed E-state index contributed by atoms with van der Waals surface area (Å²) in [6, 6.07) is -0.220. The lowest BCUT2D eigenvalue weighted by Gasteiger charge is -2.40. The predicted molar refractivity (Wildman–Crippen MR) is 30.2 cm³/mol. The van der Waals surface area contributed by atoms with Gasteiger partial charge in [0.2, 0.25) is 0 Å². The zero-order valence-electron chi connectivity index (χ0n) is 5.11.